The number of rotatable bonds is 4. The molecule has 0 bridgehead atoms. The minimum atomic E-state index is 0.0725. The van der Waals surface area contributed by atoms with Gasteiger partial charge in [0, 0.05) is 25.2 Å². The Morgan fingerprint density at radius 3 is 2.89 bits per heavy atom. The fraction of sp³-hybridized carbons (Fsp3) is 0.625. The van der Waals surface area contributed by atoms with E-state index in [-0.39, 0.29) is 12.1 Å². The predicted molar refractivity (Wildman–Crippen MR) is 79.3 cm³/mol. The van der Waals surface area contributed by atoms with E-state index in [0.717, 1.165) is 26.1 Å². The standard InChI is InChI=1S/C16H26N2O/c1-12(2)18-7-8-19-16(11-18)15(17)10-14-6-4-5-13(3)9-14/h4-6,9,12,15-16H,7-8,10-11,17H2,1-3H3. The van der Waals surface area contributed by atoms with Gasteiger partial charge in [-0.05, 0) is 32.8 Å². The molecule has 0 spiro atoms. The van der Waals surface area contributed by atoms with Crippen LogP contribution in [0.2, 0.25) is 0 Å². The van der Waals surface area contributed by atoms with Crippen LogP contribution in [0.1, 0.15) is 25.0 Å². The first-order chi connectivity index (χ1) is 9.06. The summed E-state index contributed by atoms with van der Waals surface area (Å²) < 4.78 is 5.86. The van der Waals surface area contributed by atoms with Crippen LogP contribution < -0.4 is 5.73 Å². The molecule has 1 aliphatic rings. The molecule has 2 unspecified atom stereocenters. The first kappa shape index (κ1) is 14.5. The molecule has 1 aromatic rings. The van der Waals surface area contributed by atoms with Gasteiger partial charge >= 0.3 is 0 Å². The van der Waals surface area contributed by atoms with Crippen molar-refractivity contribution in [3.63, 3.8) is 0 Å². The summed E-state index contributed by atoms with van der Waals surface area (Å²) in [5, 5.41) is 0. The van der Waals surface area contributed by atoms with Gasteiger partial charge in [0.05, 0.1) is 12.7 Å². The summed E-state index contributed by atoms with van der Waals surface area (Å²) in [7, 11) is 0. The van der Waals surface area contributed by atoms with E-state index in [9.17, 15) is 0 Å². The third kappa shape index (κ3) is 4.03. The maximum atomic E-state index is 6.34. The van der Waals surface area contributed by atoms with Crippen LogP contribution in [0.5, 0.6) is 0 Å². The molecule has 106 valence electrons. The summed E-state index contributed by atoms with van der Waals surface area (Å²) in [6, 6.07) is 9.21. The molecule has 3 nitrogen and oxygen atoms in total. The van der Waals surface area contributed by atoms with Gasteiger partial charge in [0.25, 0.3) is 0 Å². The highest BCUT2D eigenvalue weighted by atomic mass is 16.5. The number of nitrogens with zero attached hydrogens (tertiary/aromatic N) is 1. The highest BCUT2D eigenvalue weighted by Crippen LogP contribution is 2.14. The predicted octanol–water partition coefficient (Wildman–Crippen LogP) is 1.97. The molecule has 2 N–H and O–H groups in total. The van der Waals surface area contributed by atoms with Gasteiger partial charge in [-0.15, -0.1) is 0 Å². The topological polar surface area (TPSA) is 38.5 Å². The Labute approximate surface area is 116 Å². The van der Waals surface area contributed by atoms with Crippen LogP contribution in [0.3, 0.4) is 0 Å². The lowest BCUT2D eigenvalue weighted by Gasteiger charge is -2.38. The Balaban J connectivity index is 1.94. The molecule has 0 saturated carbocycles. The fourth-order valence-electron chi connectivity index (χ4n) is 2.67. The first-order valence-electron chi connectivity index (χ1n) is 7.23. The Morgan fingerprint density at radius 1 is 1.42 bits per heavy atom. The van der Waals surface area contributed by atoms with Crippen LogP contribution in [0.15, 0.2) is 24.3 Å². The van der Waals surface area contributed by atoms with E-state index in [1.165, 1.54) is 11.1 Å². The summed E-state index contributed by atoms with van der Waals surface area (Å²) in [4.78, 5) is 2.45. The molecule has 0 aromatic heterocycles. The Morgan fingerprint density at radius 2 is 2.21 bits per heavy atom. The third-order valence-corrected chi connectivity index (χ3v) is 3.89. The zero-order valence-electron chi connectivity index (χ0n) is 12.3. The average molecular weight is 262 g/mol. The van der Waals surface area contributed by atoms with Gasteiger partial charge in [0.2, 0.25) is 0 Å². The van der Waals surface area contributed by atoms with Gasteiger partial charge in [0.15, 0.2) is 0 Å². The quantitative estimate of drug-likeness (QED) is 0.901. The maximum Gasteiger partial charge on any atom is 0.0856 e. The van der Waals surface area contributed by atoms with Crippen molar-refractivity contribution in [1.29, 1.82) is 0 Å². The zero-order chi connectivity index (χ0) is 13.8. The maximum absolute atomic E-state index is 6.34. The second kappa shape index (κ2) is 6.51. The number of nitrogens with two attached hydrogens (primary N) is 1. The van der Waals surface area contributed by atoms with Crippen LogP contribution in [0, 0.1) is 6.92 Å². The van der Waals surface area contributed by atoms with Crippen LogP contribution >= 0.6 is 0 Å². The van der Waals surface area contributed by atoms with Gasteiger partial charge in [-0.25, -0.2) is 0 Å². The van der Waals surface area contributed by atoms with Crippen LogP contribution in [-0.4, -0.2) is 42.8 Å². The monoisotopic (exact) mass is 262 g/mol. The van der Waals surface area contributed by atoms with E-state index < -0.39 is 0 Å². The number of ether oxygens (including phenoxy) is 1. The Bertz CT molecular complexity index is 405. The molecule has 1 saturated heterocycles. The molecule has 2 rings (SSSR count). The highest BCUT2D eigenvalue weighted by molar-refractivity contribution is 5.23. The molecule has 19 heavy (non-hydrogen) atoms. The van der Waals surface area contributed by atoms with E-state index in [2.05, 4.69) is 49.9 Å². The normalized spacial score (nSPS) is 22.7. The number of benzene rings is 1. The second-order valence-corrected chi connectivity index (χ2v) is 5.85. The fourth-order valence-corrected chi connectivity index (χ4v) is 2.67. The van der Waals surface area contributed by atoms with Crippen molar-refractivity contribution in [3.05, 3.63) is 35.4 Å². The molecule has 0 amide bonds. The molecule has 1 aliphatic heterocycles. The molecule has 3 heteroatoms. The molecule has 2 atom stereocenters. The molecule has 1 aromatic carbocycles. The summed E-state index contributed by atoms with van der Waals surface area (Å²) in [6.45, 7) is 9.34. The molecule has 0 aliphatic carbocycles. The lowest BCUT2D eigenvalue weighted by molar-refractivity contribution is -0.0495. The number of morpholine rings is 1. The van der Waals surface area contributed by atoms with Crippen molar-refractivity contribution in [2.24, 2.45) is 5.73 Å². The second-order valence-electron chi connectivity index (χ2n) is 5.85. The Kier molecular flexibility index (Phi) is 4.97. The van der Waals surface area contributed by atoms with Crippen LogP contribution in [-0.2, 0) is 11.2 Å². The molecule has 0 radical (unpaired) electrons. The molecule has 1 heterocycles. The van der Waals surface area contributed by atoms with Gasteiger partial charge in [0.1, 0.15) is 0 Å². The highest BCUT2D eigenvalue weighted by Gasteiger charge is 2.27. The summed E-state index contributed by atoms with van der Waals surface area (Å²) in [5.41, 5.74) is 8.93. The average Bonchev–Trinajstić information content (AvgIpc) is 2.39. The Hall–Kier alpha value is -0.900. The van der Waals surface area contributed by atoms with E-state index >= 15 is 0 Å². The largest absolute Gasteiger partial charge is 0.374 e. The van der Waals surface area contributed by atoms with E-state index in [1.807, 2.05) is 0 Å². The van der Waals surface area contributed by atoms with Crippen molar-refractivity contribution < 1.29 is 4.74 Å². The summed E-state index contributed by atoms with van der Waals surface area (Å²) >= 11 is 0. The molecule has 1 fully saturated rings. The lowest BCUT2D eigenvalue weighted by Crippen LogP contribution is -2.53. The molecular formula is C16H26N2O. The smallest absolute Gasteiger partial charge is 0.0856 e. The third-order valence-electron chi connectivity index (χ3n) is 3.89. The summed E-state index contributed by atoms with van der Waals surface area (Å²) in [5.74, 6) is 0. The van der Waals surface area contributed by atoms with Gasteiger partial charge < -0.3 is 10.5 Å². The van der Waals surface area contributed by atoms with Crippen molar-refractivity contribution in [3.8, 4) is 0 Å². The van der Waals surface area contributed by atoms with Gasteiger partial charge in [-0.1, -0.05) is 29.8 Å². The van der Waals surface area contributed by atoms with Gasteiger partial charge in [-0.3, -0.25) is 4.90 Å². The number of aryl methyl sites for hydroxylation is 1. The van der Waals surface area contributed by atoms with E-state index in [4.69, 9.17) is 10.5 Å². The van der Waals surface area contributed by atoms with Gasteiger partial charge in [-0.2, -0.15) is 0 Å². The van der Waals surface area contributed by atoms with Crippen LogP contribution in [0.25, 0.3) is 0 Å². The van der Waals surface area contributed by atoms with Crippen molar-refractivity contribution in [1.82, 2.24) is 4.90 Å². The number of hydrogen-bond donors (Lipinski definition) is 1. The number of hydrogen-bond acceptors (Lipinski definition) is 3. The minimum Gasteiger partial charge on any atom is -0.374 e. The van der Waals surface area contributed by atoms with Crippen molar-refractivity contribution in [2.75, 3.05) is 19.7 Å². The van der Waals surface area contributed by atoms with Crippen LogP contribution in [0.4, 0.5) is 0 Å². The van der Waals surface area contributed by atoms with E-state index in [0.29, 0.717) is 6.04 Å². The molecular weight excluding hydrogens is 236 g/mol. The van der Waals surface area contributed by atoms with Crippen molar-refractivity contribution in [2.45, 2.75) is 45.4 Å². The van der Waals surface area contributed by atoms with Crippen molar-refractivity contribution >= 4 is 0 Å². The first-order valence-corrected chi connectivity index (χ1v) is 7.23. The SMILES string of the molecule is Cc1cccc(CC(N)C2CN(C(C)C)CCO2)c1. The zero-order valence-corrected chi connectivity index (χ0v) is 12.3. The van der Waals surface area contributed by atoms with E-state index in [1.54, 1.807) is 0 Å². The summed E-state index contributed by atoms with van der Waals surface area (Å²) in [6.07, 6.45) is 1.04. The minimum absolute atomic E-state index is 0.0725. The lowest BCUT2D eigenvalue weighted by atomic mass is 9.99.